The van der Waals surface area contributed by atoms with Crippen molar-refractivity contribution in [3.05, 3.63) is 72.3 Å². The van der Waals surface area contributed by atoms with Crippen molar-refractivity contribution in [3.8, 4) is 5.88 Å². The summed E-state index contributed by atoms with van der Waals surface area (Å²) in [5, 5.41) is 21.7. The molecule has 0 unspecified atom stereocenters. The van der Waals surface area contributed by atoms with E-state index in [0.717, 1.165) is 54.3 Å². The third-order valence-electron chi connectivity index (χ3n) is 6.04. The highest BCUT2D eigenvalue weighted by atomic mass is 32.1. The lowest BCUT2D eigenvalue weighted by atomic mass is 10.2. The third-order valence-corrected chi connectivity index (χ3v) is 7.42. The summed E-state index contributed by atoms with van der Waals surface area (Å²) in [7, 11) is 0. The van der Waals surface area contributed by atoms with Crippen LogP contribution >= 0.6 is 23.6 Å². The fourth-order valence-corrected chi connectivity index (χ4v) is 5.48. The summed E-state index contributed by atoms with van der Waals surface area (Å²) >= 11 is 6.85. The summed E-state index contributed by atoms with van der Waals surface area (Å²) in [6.45, 7) is 4.44. The number of furan rings is 1. The average Bonchev–Trinajstić information content (AvgIpc) is 3.53. The van der Waals surface area contributed by atoms with Gasteiger partial charge >= 0.3 is 5.97 Å². The number of aliphatic carboxylic acids is 1. The van der Waals surface area contributed by atoms with Gasteiger partial charge in [-0.3, -0.25) is 24.2 Å². The first-order valence-electron chi connectivity index (χ1n) is 11.0. The third kappa shape index (κ3) is 4.90. The number of hydrogen-bond acceptors (Lipinski definition) is 8. The van der Waals surface area contributed by atoms with E-state index in [1.54, 1.807) is 10.8 Å². The molecule has 0 saturated carbocycles. The molecule has 8 nitrogen and oxygen atoms in total. The molecule has 2 aliphatic rings. The van der Waals surface area contributed by atoms with E-state index in [-0.39, 0.29) is 12.4 Å². The molecule has 0 atom stereocenters. The van der Waals surface area contributed by atoms with Crippen LogP contribution in [0.3, 0.4) is 0 Å². The van der Waals surface area contributed by atoms with Crippen molar-refractivity contribution >= 4 is 41.7 Å². The van der Waals surface area contributed by atoms with Crippen molar-refractivity contribution in [2.24, 2.45) is 4.99 Å². The number of nitrogens with zero attached hydrogens (tertiary/aromatic N) is 4. The molecule has 10 heteroatoms. The molecule has 2 aliphatic heterocycles. The van der Waals surface area contributed by atoms with E-state index >= 15 is 0 Å². The van der Waals surface area contributed by atoms with Crippen LogP contribution in [0.25, 0.3) is 12.2 Å². The lowest BCUT2D eigenvalue weighted by Crippen LogP contribution is -2.48. The Labute approximate surface area is 204 Å². The number of aromatic hydroxyl groups is 1. The SMILES string of the molecule is O=C(O)CN1CCN(CCn2c(O)c(C=c3ccc(=c4ccc5c(c4)C=CN=5)o3)sc2=S)CC1. The summed E-state index contributed by atoms with van der Waals surface area (Å²) in [5.74, 6) is -0.655. The Morgan fingerprint density at radius 2 is 1.94 bits per heavy atom. The van der Waals surface area contributed by atoms with Crippen molar-refractivity contribution in [2.45, 2.75) is 6.54 Å². The fourth-order valence-electron chi connectivity index (χ4n) is 4.18. The van der Waals surface area contributed by atoms with Crippen molar-refractivity contribution in [1.82, 2.24) is 14.4 Å². The highest BCUT2D eigenvalue weighted by molar-refractivity contribution is 7.73. The topological polar surface area (TPSA) is 94.4 Å². The molecule has 2 aromatic heterocycles. The molecule has 4 heterocycles. The molecule has 0 amide bonds. The van der Waals surface area contributed by atoms with Gasteiger partial charge in [0, 0.05) is 62.3 Å². The molecule has 0 bridgehead atoms. The van der Waals surface area contributed by atoms with Gasteiger partial charge in [-0.1, -0.05) is 0 Å². The van der Waals surface area contributed by atoms with Crippen molar-refractivity contribution in [1.29, 1.82) is 0 Å². The maximum Gasteiger partial charge on any atom is 0.317 e. The Morgan fingerprint density at radius 1 is 1.15 bits per heavy atom. The Kier molecular flexibility index (Phi) is 6.46. The van der Waals surface area contributed by atoms with Gasteiger partial charge in [0.15, 0.2) is 3.95 Å². The monoisotopic (exact) mass is 496 g/mol. The first-order valence-corrected chi connectivity index (χ1v) is 12.2. The largest absolute Gasteiger partial charge is 0.493 e. The quantitative estimate of drug-likeness (QED) is 0.504. The van der Waals surface area contributed by atoms with Crippen LogP contribution < -0.4 is 10.8 Å². The van der Waals surface area contributed by atoms with Gasteiger partial charge in [-0.2, -0.15) is 0 Å². The van der Waals surface area contributed by atoms with Crippen LogP contribution in [0.1, 0.15) is 10.4 Å². The number of rotatable bonds is 6. The zero-order valence-electron chi connectivity index (χ0n) is 18.4. The number of hydrogen-bond donors (Lipinski definition) is 2. The van der Waals surface area contributed by atoms with E-state index in [9.17, 15) is 9.90 Å². The molecule has 34 heavy (non-hydrogen) atoms. The number of carbonyl (C=O) groups is 1. The second-order valence-electron chi connectivity index (χ2n) is 8.28. The molecule has 1 aromatic carbocycles. The molecule has 0 spiro atoms. The summed E-state index contributed by atoms with van der Waals surface area (Å²) < 4.78 is 8.37. The summed E-state index contributed by atoms with van der Waals surface area (Å²) in [5.41, 5.74) is 2.46. The van der Waals surface area contributed by atoms with Gasteiger partial charge in [0.25, 0.3) is 0 Å². The summed E-state index contributed by atoms with van der Waals surface area (Å²) in [6, 6.07) is 9.80. The maximum absolute atomic E-state index is 10.9. The molecule has 1 saturated heterocycles. The Morgan fingerprint density at radius 3 is 2.74 bits per heavy atom. The molecule has 3 aromatic rings. The van der Waals surface area contributed by atoms with Crippen LogP contribution in [0.2, 0.25) is 0 Å². The van der Waals surface area contributed by atoms with E-state index < -0.39 is 5.97 Å². The van der Waals surface area contributed by atoms with Crippen LogP contribution in [0.15, 0.2) is 45.9 Å². The lowest BCUT2D eigenvalue weighted by Gasteiger charge is -2.33. The van der Waals surface area contributed by atoms with E-state index in [4.69, 9.17) is 21.7 Å². The summed E-state index contributed by atoms with van der Waals surface area (Å²) in [4.78, 5) is 20.0. The van der Waals surface area contributed by atoms with E-state index in [0.29, 0.717) is 20.8 Å². The molecule has 2 N–H and O–H groups in total. The lowest BCUT2D eigenvalue weighted by molar-refractivity contribution is -0.138. The number of carboxylic acid groups (broad SMARTS) is 1. The van der Waals surface area contributed by atoms with Gasteiger partial charge in [-0.25, -0.2) is 0 Å². The zero-order chi connectivity index (χ0) is 23.7. The van der Waals surface area contributed by atoms with Crippen molar-refractivity contribution < 1.29 is 19.4 Å². The second-order valence-corrected chi connectivity index (χ2v) is 9.96. The fraction of sp³-hybridized carbons (Fsp3) is 0.292. The predicted octanol–water partition coefficient (Wildman–Crippen LogP) is 2.00. The van der Waals surface area contributed by atoms with E-state index in [1.807, 2.05) is 47.4 Å². The van der Waals surface area contributed by atoms with Crippen molar-refractivity contribution in [2.75, 3.05) is 39.3 Å². The number of thiazole rings is 1. The van der Waals surface area contributed by atoms with Crippen LogP contribution in [-0.2, 0) is 11.3 Å². The minimum absolute atomic E-state index is 0.0806. The number of benzene rings is 1. The summed E-state index contributed by atoms with van der Waals surface area (Å²) in [6.07, 6.45) is 5.57. The van der Waals surface area contributed by atoms with Gasteiger partial charge in [-0.05, 0) is 48.6 Å². The smallest absolute Gasteiger partial charge is 0.317 e. The highest BCUT2D eigenvalue weighted by Gasteiger charge is 2.19. The van der Waals surface area contributed by atoms with Crippen LogP contribution in [0.4, 0.5) is 0 Å². The molecule has 176 valence electrons. The van der Waals surface area contributed by atoms with Gasteiger partial charge in [-0.15, -0.1) is 11.3 Å². The Bertz CT molecular complexity index is 1530. The predicted molar refractivity (Wildman–Crippen MR) is 132 cm³/mol. The molecule has 5 rings (SSSR count). The van der Waals surface area contributed by atoms with E-state index in [2.05, 4.69) is 9.89 Å². The minimum Gasteiger partial charge on any atom is -0.493 e. The Balaban J connectivity index is 1.31. The van der Waals surface area contributed by atoms with Gasteiger partial charge < -0.3 is 14.6 Å². The standard InChI is InChI=1S/C24H24N4O4S2/c29-22(30)15-27-9-7-26(8-10-27)11-12-28-23(31)21(34-24(28)33)14-18-2-4-20(32-18)17-1-3-19-16(13-17)5-6-25-19/h1-6,13-14,31H,7-12,15H2,(H,29,30). The molecule has 1 fully saturated rings. The number of piperazine rings is 1. The van der Waals surface area contributed by atoms with Crippen molar-refractivity contribution in [3.63, 3.8) is 0 Å². The van der Waals surface area contributed by atoms with Crippen LogP contribution in [0.5, 0.6) is 5.88 Å². The molecule has 0 radical (unpaired) electrons. The highest BCUT2D eigenvalue weighted by Crippen LogP contribution is 2.26. The molecule has 0 aliphatic carbocycles. The number of carboxylic acids is 1. The van der Waals surface area contributed by atoms with Gasteiger partial charge in [0.2, 0.25) is 5.88 Å². The minimum atomic E-state index is -0.796. The van der Waals surface area contributed by atoms with Gasteiger partial charge in [0.1, 0.15) is 10.8 Å². The normalized spacial score (nSPS) is 17.7. The molecular formula is C24H24N4O4S2. The zero-order valence-corrected chi connectivity index (χ0v) is 20.0. The number of aromatic nitrogens is 1. The van der Waals surface area contributed by atoms with Crippen LogP contribution in [0, 0.1) is 14.6 Å². The first kappa shape index (κ1) is 22.7. The van der Waals surface area contributed by atoms with Crippen LogP contribution in [-0.4, -0.2) is 69.8 Å². The first-order chi connectivity index (χ1) is 16.5. The van der Waals surface area contributed by atoms with Gasteiger partial charge in [0.05, 0.1) is 16.8 Å². The average molecular weight is 497 g/mol. The molecular weight excluding hydrogens is 472 g/mol. The Hall–Kier alpha value is -3.05. The second kappa shape index (κ2) is 9.67. The number of fused-ring (bicyclic) bond motifs is 1. The van der Waals surface area contributed by atoms with E-state index in [1.165, 1.54) is 11.3 Å². The maximum atomic E-state index is 10.9.